The predicted molar refractivity (Wildman–Crippen MR) is 100 cm³/mol. The minimum atomic E-state index is -4.89. The summed E-state index contributed by atoms with van der Waals surface area (Å²) in [5.41, 5.74) is 5.82. The molecule has 2 aliphatic heterocycles. The number of carbonyl (C=O) groups excluding carboxylic acids is 3. The van der Waals surface area contributed by atoms with E-state index >= 15 is 0 Å². The van der Waals surface area contributed by atoms with Gasteiger partial charge in [0.25, 0.3) is 0 Å². The monoisotopic (exact) mass is 426 g/mol. The van der Waals surface area contributed by atoms with Crippen molar-refractivity contribution in [3.05, 3.63) is 42.2 Å². The summed E-state index contributed by atoms with van der Waals surface area (Å²) in [5, 5.41) is 0.512. The van der Waals surface area contributed by atoms with Gasteiger partial charge >= 0.3 is 16.4 Å². The van der Waals surface area contributed by atoms with E-state index in [9.17, 15) is 22.8 Å². The van der Waals surface area contributed by atoms with Gasteiger partial charge in [-0.2, -0.15) is 13.5 Å². The first kappa shape index (κ1) is 22.5. The van der Waals surface area contributed by atoms with Crippen molar-refractivity contribution in [2.45, 2.75) is 38.3 Å². The minimum absolute atomic E-state index is 0.00780. The fourth-order valence-electron chi connectivity index (χ4n) is 3.03. The Hall–Kier alpha value is -2.83. The molecule has 1 fully saturated rings. The van der Waals surface area contributed by atoms with Gasteiger partial charge in [-0.1, -0.05) is 12.1 Å². The number of hydrogen-bond donors (Lipinski definition) is 2. The van der Waals surface area contributed by atoms with Gasteiger partial charge in [-0.05, 0) is 37.5 Å². The standard InChI is InChI=1S/C12H17N3O7S.C5H5N/c1-7(16)3-2-4-8-5-9(11(13)17)14-6-10(8)15(12(14)18)22-23(19,20)21;1-2-4-6-5-3-1/h5,9-10H,2-4,6H2,1H3,(H2,13,17)(H,19,20,21);1-5H/t9-,10-;/m0./s1. The molecule has 0 unspecified atom stereocenters. The molecule has 11 nitrogen and oxygen atoms in total. The van der Waals surface area contributed by atoms with Crippen molar-refractivity contribution in [2.75, 3.05) is 6.54 Å². The molecular weight excluding hydrogens is 404 g/mol. The fourth-order valence-corrected chi connectivity index (χ4v) is 3.40. The first-order valence-electron chi connectivity index (χ1n) is 8.71. The molecule has 29 heavy (non-hydrogen) atoms. The van der Waals surface area contributed by atoms with Gasteiger partial charge in [-0.25, -0.2) is 4.79 Å². The predicted octanol–water partition coefficient (Wildman–Crippen LogP) is 0.462. The number of pyridine rings is 1. The fraction of sp³-hybridized carbons (Fsp3) is 0.412. The topological polar surface area (TPSA) is 160 Å². The number of nitrogens with two attached hydrogens (primary N) is 1. The maximum atomic E-state index is 12.2. The Kier molecular flexibility index (Phi) is 7.42. The molecule has 3 N–H and O–H groups in total. The number of ketones is 1. The maximum Gasteiger partial charge on any atom is 0.418 e. The maximum absolute atomic E-state index is 12.2. The van der Waals surface area contributed by atoms with Crippen LogP contribution >= 0.6 is 0 Å². The van der Waals surface area contributed by atoms with Gasteiger partial charge < -0.3 is 15.4 Å². The zero-order valence-electron chi connectivity index (χ0n) is 15.7. The van der Waals surface area contributed by atoms with Gasteiger partial charge in [0.2, 0.25) is 5.91 Å². The highest BCUT2D eigenvalue weighted by Gasteiger charge is 2.49. The molecule has 0 aromatic carbocycles. The van der Waals surface area contributed by atoms with Crippen molar-refractivity contribution in [2.24, 2.45) is 5.73 Å². The van der Waals surface area contributed by atoms with E-state index in [1.54, 1.807) is 12.4 Å². The van der Waals surface area contributed by atoms with Crippen LogP contribution < -0.4 is 5.73 Å². The molecule has 1 saturated heterocycles. The van der Waals surface area contributed by atoms with E-state index in [1.807, 2.05) is 18.2 Å². The van der Waals surface area contributed by atoms with Gasteiger partial charge in [0.15, 0.2) is 0 Å². The zero-order valence-corrected chi connectivity index (χ0v) is 16.5. The Labute approximate surface area is 168 Å². The lowest BCUT2D eigenvalue weighted by molar-refractivity contribution is -0.121. The number of hydrogen-bond acceptors (Lipinski definition) is 7. The highest BCUT2D eigenvalue weighted by atomic mass is 32.3. The molecule has 0 saturated carbocycles. The van der Waals surface area contributed by atoms with E-state index in [1.165, 1.54) is 13.0 Å². The Bertz CT molecular complexity index is 862. The second-order valence-electron chi connectivity index (χ2n) is 6.45. The van der Waals surface area contributed by atoms with Crippen molar-refractivity contribution in [3.63, 3.8) is 0 Å². The van der Waals surface area contributed by atoms with E-state index in [0.29, 0.717) is 29.9 Å². The van der Waals surface area contributed by atoms with Gasteiger partial charge in [0.05, 0.1) is 6.54 Å². The molecule has 2 atom stereocenters. The van der Waals surface area contributed by atoms with E-state index in [4.69, 9.17) is 10.3 Å². The van der Waals surface area contributed by atoms with Crippen LogP contribution in [0.25, 0.3) is 0 Å². The number of primary amides is 1. The number of Topliss-reactive ketones (excluding diaryl/α,β-unsaturated/α-hetero) is 1. The normalized spacial score (nSPS) is 20.6. The van der Waals surface area contributed by atoms with Gasteiger partial charge in [0, 0.05) is 18.8 Å². The van der Waals surface area contributed by atoms with E-state index in [2.05, 4.69) is 9.27 Å². The van der Waals surface area contributed by atoms with Gasteiger partial charge in [-0.15, -0.1) is 4.28 Å². The number of nitrogens with zero attached hydrogens (tertiary/aromatic N) is 3. The first-order valence-corrected chi connectivity index (χ1v) is 10.1. The molecule has 158 valence electrons. The van der Waals surface area contributed by atoms with Crippen LogP contribution in [0.2, 0.25) is 0 Å². The molecule has 3 rings (SSSR count). The van der Waals surface area contributed by atoms with Gasteiger partial charge in [-0.3, -0.25) is 14.3 Å². The Morgan fingerprint density at radius 1 is 1.31 bits per heavy atom. The van der Waals surface area contributed by atoms with Crippen molar-refractivity contribution >= 4 is 28.1 Å². The lowest BCUT2D eigenvalue weighted by Gasteiger charge is -2.27. The van der Waals surface area contributed by atoms with Crippen LogP contribution in [0.3, 0.4) is 0 Å². The third-order valence-electron chi connectivity index (χ3n) is 4.25. The number of carbonyl (C=O) groups is 3. The highest BCUT2D eigenvalue weighted by molar-refractivity contribution is 7.80. The van der Waals surface area contributed by atoms with E-state index in [-0.39, 0.29) is 12.3 Å². The summed E-state index contributed by atoms with van der Waals surface area (Å²) < 4.78 is 35.0. The van der Waals surface area contributed by atoms with Crippen molar-refractivity contribution in [3.8, 4) is 0 Å². The average Bonchev–Trinajstić information content (AvgIpc) is 2.90. The molecular formula is C17H22N4O7S. The summed E-state index contributed by atoms with van der Waals surface area (Å²) in [6.45, 7) is 1.45. The molecule has 2 bridgehead atoms. The number of aromatic nitrogens is 1. The lowest BCUT2D eigenvalue weighted by Crippen LogP contribution is -2.46. The lowest BCUT2D eigenvalue weighted by atomic mass is 9.94. The SMILES string of the molecule is CC(=O)CCCC1=C[C@@H](C(N)=O)N2C[C@@H]1N(OS(=O)(=O)O)C2=O.c1ccncc1. The molecule has 0 aliphatic carbocycles. The Morgan fingerprint density at radius 2 is 1.97 bits per heavy atom. The third kappa shape index (κ3) is 6.34. The van der Waals surface area contributed by atoms with Crippen molar-refractivity contribution in [1.29, 1.82) is 0 Å². The number of amides is 3. The number of fused-ring (bicyclic) bond motifs is 2. The largest absolute Gasteiger partial charge is 0.418 e. The second kappa shape index (κ2) is 9.58. The smallest absolute Gasteiger partial charge is 0.368 e. The molecule has 12 heteroatoms. The van der Waals surface area contributed by atoms with Crippen LogP contribution in [0.5, 0.6) is 0 Å². The number of rotatable bonds is 7. The molecule has 3 amide bonds. The summed E-state index contributed by atoms with van der Waals surface area (Å²) in [7, 11) is -4.89. The molecule has 0 spiro atoms. The molecule has 2 aliphatic rings. The van der Waals surface area contributed by atoms with Crippen LogP contribution in [-0.4, -0.2) is 64.3 Å². The Balaban J connectivity index is 0.000000426. The first-order chi connectivity index (χ1) is 13.6. The summed E-state index contributed by atoms with van der Waals surface area (Å²) in [5.74, 6) is -0.780. The molecule has 0 radical (unpaired) electrons. The molecule has 3 heterocycles. The van der Waals surface area contributed by atoms with Gasteiger partial charge in [0.1, 0.15) is 17.9 Å². The molecule has 1 aromatic rings. The van der Waals surface area contributed by atoms with E-state index < -0.39 is 34.4 Å². The molecule has 1 aromatic heterocycles. The Morgan fingerprint density at radius 3 is 2.41 bits per heavy atom. The summed E-state index contributed by atoms with van der Waals surface area (Å²) in [6, 6.07) is 3.04. The minimum Gasteiger partial charge on any atom is -0.368 e. The summed E-state index contributed by atoms with van der Waals surface area (Å²) in [6.07, 6.45) is 6.11. The third-order valence-corrected chi connectivity index (χ3v) is 4.60. The summed E-state index contributed by atoms with van der Waals surface area (Å²) in [4.78, 5) is 39.5. The average molecular weight is 426 g/mol. The van der Waals surface area contributed by atoms with E-state index in [0.717, 1.165) is 4.90 Å². The highest BCUT2D eigenvalue weighted by Crippen LogP contribution is 2.33. The van der Waals surface area contributed by atoms with Crippen molar-refractivity contribution < 1.29 is 31.6 Å². The quantitative estimate of drug-likeness (QED) is 0.470. The van der Waals surface area contributed by atoms with Crippen LogP contribution in [0, 0.1) is 0 Å². The van der Waals surface area contributed by atoms with Crippen molar-refractivity contribution in [1.82, 2.24) is 14.9 Å². The number of urea groups is 1. The van der Waals surface area contributed by atoms with Crippen LogP contribution in [0.4, 0.5) is 4.79 Å². The van der Waals surface area contributed by atoms with Crippen LogP contribution in [0.1, 0.15) is 26.2 Å². The van der Waals surface area contributed by atoms with Crippen LogP contribution in [0.15, 0.2) is 42.2 Å². The number of hydroxylamine groups is 2. The second-order valence-corrected chi connectivity index (χ2v) is 7.45. The zero-order chi connectivity index (χ0) is 21.6. The van der Waals surface area contributed by atoms with Crippen LogP contribution in [-0.2, 0) is 24.3 Å². The summed E-state index contributed by atoms with van der Waals surface area (Å²) >= 11 is 0.